The summed E-state index contributed by atoms with van der Waals surface area (Å²) in [5.41, 5.74) is 5.31. The molecule has 19 heavy (non-hydrogen) atoms. The van der Waals surface area contributed by atoms with Gasteiger partial charge < -0.3 is 21.1 Å². The number of nitrogens with two attached hydrogens (primary N) is 1. The van der Waals surface area contributed by atoms with Crippen LogP contribution in [0, 0.1) is 11.8 Å². The molecule has 0 radical (unpaired) electrons. The van der Waals surface area contributed by atoms with E-state index in [0.29, 0.717) is 19.7 Å². The fraction of sp³-hybridized carbons (Fsp3) is 0.462. The lowest BCUT2D eigenvalue weighted by molar-refractivity contribution is 0.188. The van der Waals surface area contributed by atoms with Crippen LogP contribution in [0.4, 0.5) is 4.79 Å². The molecule has 1 aliphatic heterocycles. The van der Waals surface area contributed by atoms with Crippen LogP contribution in [0.15, 0.2) is 12.1 Å². The Hall–Kier alpha value is -1.55. The first-order valence-electron chi connectivity index (χ1n) is 6.17. The Labute approximate surface area is 116 Å². The van der Waals surface area contributed by atoms with Crippen LogP contribution in [0.2, 0.25) is 0 Å². The summed E-state index contributed by atoms with van der Waals surface area (Å²) in [5, 5.41) is 5.70. The molecule has 6 heteroatoms. The van der Waals surface area contributed by atoms with Gasteiger partial charge in [0.2, 0.25) is 0 Å². The van der Waals surface area contributed by atoms with E-state index in [2.05, 4.69) is 22.5 Å². The lowest BCUT2D eigenvalue weighted by Gasteiger charge is -2.11. The van der Waals surface area contributed by atoms with Gasteiger partial charge in [0.05, 0.1) is 30.6 Å². The second-order valence-electron chi connectivity index (χ2n) is 4.16. The van der Waals surface area contributed by atoms with E-state index in [1.807, 2.05) is 12.1 Å². The van der Waals surface area contributed by atoms with Gasteiger partial charge in [-0.25, -0.2) is 4.79 Å². The third-order valence-electron chi connectivity index (χ3n) is 2.66. The van der Waals surface area contributed by atoms with Gasteiger partial charge in [0.15, 0.2) is 0 Å². The second kappa shape index (κ2) is 7.14. The van der Waals surface area contributed by atoms with Crippen LogP contribution in [-0.2, 0) is 11.3 Å². The molecule has 1 aromatic rings. The van der Waals surface area contributed by atoms with Crippen LogP contribution in [0.5, 0.6) is 0 Å². The Bertz CT molecular complexity index is 484. The number of hydrogen-bond donors (Lipinski definition) is 3. The maximum Gasteiger partial charge on any atom is 0.315 e. The second-order valence-corrected chi connectivity index (χ2v) is 5.33. The Balaban J connectivity index is 1.75. The van der Waals surface area contributed by atoms with Crippen LogP contribution in [-0.4, -0.2) is 31.8 Å². The van der Waals surface area contributed by atoms with Gasteiger partial charge in [0.25, 0.3) is 0 Å². The molecule has 1 fully saturated rings. The summed E-state index contributed by atoms with van der Waals surface area (Å²) < 4.78 is 5.20. The maximum absolute atomic E-state index is 11.6. The maximum atomic E-state index is 11.6. The predicted molar refractivity (Wildman–Crippen MR) is 74.8 cm³/mol. The number of nitrogens with one attached hydrogen (secondary N) is 2. The number of ether oxygens (including phenoxy) is 1. The zero-order valence-electron chi connectivity index (χ0n) is 10.6. The molecular formula is C13H17N3O2S. The molecule has 102 valence electrons. The Morgan fingerprint density at radius 1 is 1.58 bits per heavy atom. The average molecular weight is 279 g/mol. The van der Waals surface area contributed by atoms with Gasteiger partial charge >= 0.3 is 6.03 Å². The van der Waals surface area contributed by atoms with Gasteiger partial charge in [0.1, 0.15) is 0 Å². The predicted octanol–water partition coefficient (Wildman–Crippen LogP) is 0.646. The van der Waals surface area contributed by atoms with E-state index in [-0.39, 0.29) is 12.1 Å². The number of carbonyl (C=O) groups excluding carboxylic acids is 1. The minimum Gasteiger partial charge on any atom is -0.379 e. The molecule has 0 aromatic carbocycles. The van der Waals surface area contributed by atoms with Crippen LogP contribution < -0.4 is 16.4 Å². The molecule has 0 bridgehead atoms. The first kappa shape index (κ1) is 13.9. The van der Waals surface area contributed by atoms with E-state index in [9.17, 15) is 4.79 Å². The molecule has 1 aliphatic rings. The minimum atomic E-state index is -0.154. The highest BCUT2D eigenvalue weighted by molar-refractivity contribution is 7.12. The van der Waals surface area contributed by atoms with E-state index in [4.69, 9.17) is 10.5 Å². The number of amides is 2. The van der Waals surface area contributed by atoms with Crippen molar-refractivity contribution in [2.75, 3.05) is 19.8 Å². The number of carbonyl (C=O) groups is 1. The average Bonchev–Trinajstić information content (AvgIpc) is 3.05. The molecule has 2 heterocycles. The van der Waals surface area contributed by atoms with Crippen LogP contribution >= 0.6 is 11.3 Å². The van der Waals surface area contributed by atoms with Crippen molar-refractivity contribution in [2.45, 2.75) is 19.0 Å². The van der Waals surface area contributed by atoms with Gasteiger partial charge in [-0.15, -0.1) is 11.3 Å². The zero-order valence-corrected chi connectivity index (χ0v) is 11.4. The van der Waals surface area contributed by atoms with Crippen molar-refractivity contribution >= 4 is 17.4 Å². The van der Waals surface area contributed by atoms with Gasteiger partial charge in [-0.3, -0.25) is 0 Å². The molecule has 0 aliphatic carbocycles. The molecule has 2 rings (SSSR count). The molecule has 0 saturated carbocycles. The summed E-state index contributed by atoms with van der Waals surface area (Å²) in [5.74, 6) is 5.78. The van der Waals surface area contributed by atoms with Gasteiger partial charge in [-0.1, -0.05) is 11.8 Å². The summed E-state index contributed by atoms with van der Waals surface area (Å²) in [6.07, 6.45) is 0.880. The molecule has 1 atom stereocenters. The largest absolute Gasteiger partial charge is 0.379 e. The zero-order chi connectivity index (χ0) is 13.5. The fourth-order valence-corrected chi connectivity index (χ4v) is 2.55. The SMILES string of the molecule is NCC#Cc1ccc(CNC(=O)NC2CCOC2)s1. The number of rotatable bonds is 3. The summed E-state index contributed by atoms with van der Waals surface area (Å²) in [6, 6.07) is 3.88. The van der Waals surface area contributed by atoms with Crippen LogP contribution in [0.1, 0.15) is 16.2 Å². The quantitative estimate of drug-likeness (QED) is 0.711. The lowest BCUT2D eigenvalue weighted by Crippen LogP contribution is -2.41. The summed E-state index contributed by atoms with van der Waals surface area (Å²) in [6.45, 7) is 2.19. The first-order valence-corrected chi connectivity index (χ1v) is 6.99. The molecule has 1 saturated heterocycles. The van der Waals surface area contributed by atoms with Crippen molar-refractivity contribution in [3.8, 4) is 11.8 Å². The van der Waals surface area contributed by atoms with E-state index in [0.717, 1.165) is 22.8 Å². The third-order valence-corrected chi connectivity index (χ3v) is 3.66. The van der Waals surface area contributed by atoms with Gasteiger partial charge in [-0.2, -0.15) is 0 Å². The van der Waals surface area contributed by atoms with Crippen molar-refractivity contribution in [1.29, 1.82) is 0 Å². The molecular weight excluding hydrogens is 262 g/mol. The fourth-order valence-electron chi connectivity index (χ4n) is 1.73. The van der Waals surface area contributed by atoms with Crippen LogP contribution in [0.25, 0.3) is 0 Å². The van der Waals surface area contributed by atoms with Crippen LogP contribution in [0.3, 0.4) is 0 Å². The van der Waals surface area contributed by atoms with E-state index >= 15 is 0 Å². The van der Waals surface area contributed by atoms with Crippen molar-refractivity contribution in [3.05, 3.63) is 21.9 Å². The van der Waals surface area contributed by atoms with E-state index < -0.39 is 0 Å². The molecule has 2 amide bonds. The number of urea groups is 1. The standard InChI is InChI=1S/C13H17N3O2S/c14-6-1-2-11-3-4-12(19-11)8-15-13(17)16-10-5-7-18-9-10/h3-4,10H,5-9,14H2,(H2,15,16,17). The molecule has 5 nitrogen and oxygen atoms in total. The number of thiophene rings is 1. The Morgan fingerprint density at radius 3 is 3.21 bits per heavy atom. The first-order chi connectivity index (χ1) is 9.28. The summed E-state index contributed by atoms with van der Waals surface area (Å²) in [7, 11) is 0. The minimum absolute atomic E-state index is 0.134. The van der Waals surface area contributed by atoms with Crippen molar-refractivity contribution < 1.29 is 9.53 Å². The molecule has 0 spiro atoms. The van der Waals surface area contributed by atoms with E-state index in [1.165, 1.54) is 0 Å². The van der Waals surface area contributed by atoms with E-state index in [1.54, 1.807) is 11.3 Å². The highest BCUT2D eigenvalue weighted by Gasteiger charge is 2.17. The normalized spacial score (nSPS) is 17.6. The highest BCUT2D eigenvalue weighted by Crippen LogP contribution is 2.14. The molecule has 4 N–H and O–H groups in total. The number of hydrogen-bond acceptors (Lipinski definition) is 4. The highest BCUT2D eigenvalue weighted by atomic mass is 32.1. The van der Waals surface area contributed by atoms with Gasteiger partial charge in [-0.05, 0) is 18.6 Å². The van der Waals surface area contributed by atoms with Crippen molar-refractivity contribution in [1.82, 2.24) is 10.6 Å². The molecule has 1 unspecified atom stereocenters. The smallest absolute Gasteiger partial charge is 0.315 e. The Kier molecular flexibility index (Phi) is 5.21. The van der Waals surface area contributed by atoms with Gasteiger partial charge in [0, 0.05) is 11.5 Å². The Morgan fingerprint density at radius 2 is 2.47 bits per heavy atom. The summed E-state index contributed by atoms with van der Waals surface area (Å²) >= 11 is 1.56. The lowest BCUT2D eigenvalue weighted by atomic mass is 10.3. The van der Waals surface area contributed by atoms with Crippen molar-refractivity contribution in [3.63, 3.8) is 0 Å². The van der Waals surface area contributed by atoms with Crippen molar-refractivity contribution in [2.24, 2.45) is 5.73 Å². The summed E-state index contributed by atoms with van der Waals surface area (Å²) in [4.78, 5) is 13.7. The topological polar surface area (TPSA) is 76.4 Å². The monoisotopic (exact) mass is 279 g/mol. The third kappa shape index (κ3) is 4.56. The molecule has 1 aromatic heterocycles.